The number of hydrogen-bond acceptors (Lipinski definition) is 2. The van der Waals surface area contributed by atoms with Crippen LogP contribution in [0, 0.1) is 19.8 Å². The van der Waals surface area contributed by atoms with Crippen LogP contribution in [-0.4, -0.2) is 40.3 Å². The number of nitrogens with zero attached hydrogens (tertiary/aromatic N) is 4. The van der Waals surface area contributed by atoms with Gasteiger partial charge in [-0.25, -0.2) is 4.99 Å². The standard InChI is InChI=1S/C16H29N5/c1-6-17-16(21-9-7-8-12(2)11-21)18-10-15-13(3)19-20(5)14(15)4/h12H,6-11H2,1-5H3,(H,17,18). The van der Waals surface area contributed by atoms with E-state index in [0.29, 0.717) is 6.54 Å². The van der Waals surface area contributed by atoms with Crippen molar-refractivity contribution in [3.63, 3.8) is 0 Å². The van der Waals surface area contributed by atoms with Gasteiger partial charge >= 0.3 is 0 Å². The van der Waals surface area contributed by atoms with Crippen LogP contribution in [0.1, 0.15) is 43.6 Å². The average Bonchev–Trinajstić information content (AvgIpc) is 2.69. The fourth-order valence-electron chi connectivity index (χ4n) is 3.01. The summed E-state index contributed by atoms with van der Waals surface area (Å²) in [5, 5.41) is 7.91. The third-order valence-electron chi connectivity index (χ3n) is 4.34. The van der Waals surface area contributed by atoms with Crippen molar-refractivity contribution < 1.29 is 0 Å². The number of piperidine rings is 1. The lowest BCUT2D eigenvalue weighted by atomic mass is 10.0. The van der Waals surface area contributed by atoms with Gasteiger partial charge in [-0.1, -0.05) is 6.92 Å². The summed E-state index contributed by atoms with van der Waals surface area (Å²) >= 11 is 0. The quantitative estimate of drug-likeness (QED) is 0.686. The maximum absolute atomic E-state index is 4.85. The van der Waals surface area contributed by atoms with Crippen LogP contribution >= 0.6 is 0 Å². The van der Waals surface area contributed by atoms with Crippen molar-refractivity contribution in [1.29, 1.82) is 0 Å². The molecular weight excluding hydrogens is 262 g/mol. The Bertz CT molecular complexity index is 503. The Kier molecular flexibility index (Phi) is 5.26. The van der Waals surface area contributed by atoms with Gasteiger partial charge in [0.25, 0.3) is 0 Å². The van der Waals surface area contributed by atoms with Gasteiger partial charge in [0.1, 0.15) is 0 Å². The average molecular weight is 291 g/mol. The Labute approximate surface area is 128 Å². The molecule has 1 unspecified atom stereocenters. The first kappa shape index (κ1) is 15.9. The zero-order valence-corrected chi connectivity index (χ0v) is 14.1. The second kappa shape index (κ2) is 6.96. The van der Waals surface area contributed by atoms with Gasteiger partial charge < -0.3 is 10.2 Å². The van der Waals surface area contributed by atoms with E-state index < -0.39 is 0 Å². The summed E-state index contributed by atoms with van der Waals surface area (Å²) in [6.45, 7) is 12.5. The van der Waals surface area contributed by atoms with Gasteiger partial charge in [-0.05, 0) is 39.5 Å². The van der Waals surface area contributed by atoms with E-state index in [9.17, 15) is 0 Å². The van der Waals surface area contributed by atoms with Gasteiger partial charge in [-0.3, -0.25) is 4.68 Å². The van der Waals surface area contributed by atoms with Crippen molar-refractivity contribution in [2.75, 3.05) is 19.6 Å². The highest BCUT2D eigenvalue weighted by Gasteiger charge is 2.19. The van der Waals surface area contributed by atoms with Crippen LogP contribution in [-0.2, 0) is 13.6 Å². The molecule has 118 valence electrons. The number of nitrogens with one attached hydrogen (secondary N) is 1. The molecule has 0 spiro atoms. The Hall–Kier alpha value is -1.52. The molecule has 0 aliphatic carbocycles. The van der Waals surface area contributed by atoms with E-state index in [4.69, 9.17) is 4.99 Å². The van der Waals surface area contributed by atoms with Gasteiger partial charge in [0, 0.05) is 37.9 Å². The zero-order valence-electron chi connectivity index (χ0n) is 14.1. The lowest BCUT2D eigenvalue weighted by molar-refractivity contribution is 0.266. The number of aryl methyl sites for hydroxylation is 2. The molecule has 0 amide bonds. The van der Waals surface area contributed by atoms with Crippen LogP contribution in [0.15, 0.2) is 4.99 Å². The third-order valence-corrected chi connectivity index (χ3v) is 4.34. The van der Waals surface area contributed by atoms with Crippen LogP contribution < -0.4 is 5.32 Å². The molecular formula is C16H29N5. The zero-order chi connectivity index (χ0) is 15.4. The monoisotopic (exact) mass is 291 g/mol. The maximum Gasteiger partial charge on any atom is 0.194 e. The van der Waals surface area contributed by atoms with E-state index in [1.165, 1.54) is 24.1 Å². The van der Waals surface area contributed by atoms with Crippen molar-refractivity contribution in [3.05, 3.63) is 17.0 Å². The molecule has 1 fully saturated rings. The predicted molar refractivity (Wildman–Crippen MR) is 87.5 cm³/mol. The molecule has 2 rings (SSSR count). The molecule has 1 N–H and O–H groups in total. The molecule has 0 radical (unpaired) electrons. The van der Waals surface area contributed by atoms with Crippen LogP contribution in [0.5, 0.6) is 0 Å². The summed E-state index contributed by atoms with van der Waals surface area (Å²) in [5.41, 5.74) is 3.54. The third kappa shape index (κ3) is 3.77. The van der Waals surface area contributed by atoms with Crippen molar-refractivity contribution in [2.24, 2.45) is 18.0 Å². The Morgan fingerprint density at radius 1 is 1.43 bits per heavy atom. The lowest BCUT2D eigenvalue weighted by Crippen LogP contribution is -2.46. The summed E-state index contributed by atoms with van der Waals surface area (Å²) in [4.78, 5) is 7.26. The minimum Gasteiger partial charge on any atom is -0.357 e. The number of aliphatic imine (C=N–C) groups is 1. The SMILES string of the molecule is CCNC(=NCc1c(C)nn(C)c1C)N1CCCC(C)C1. The first-order valence-corrected chi connectivity index (χ1v) is 8.05. The maximum atomic E-state index is 4.85. The van der Waals surface area contributed by atoms with E-state index in [-0.39, 0.29) is 0 Å². The molecule has 1 aromatic heterocycles. The second-order valence-corrected chi connectivity index (χ2v) is 6.14. The fourth-order valence-corrected chi connectivity index (χ4v) is 3.01. The highest BCUT2D eigenvalue weighted by molar-refractivity contribution is 5.80. The molecule has 1 aromatic rings. The summed E-state index contributed by atoms with van der Waals surface area (Å²) < 4.78 is 1.94. The molecule has 1 aliphatic heterocycles. The molecule has 0 saturated carbocycles. The van der Waals surface area contributed by atoms with Crippen LogP contribution in [0.2, 0.25) is 0 Å². The summed E-state index contributed by atoms with van der Waals surface area (Å²) in [6, 6.07) is 0. The highest BCUT2D eigenvalue weighted by Crippen LogP contribution is 2.17. The smallest absolute Gasteiger partial charge is 0.194 e. The van der Waals surface area contributed by atoms with Gasteiger partial charge in [-0.2, -0.15) is 5.10 Å². The highest BCUT2D eigenvalue weighted by atomic mass is 15.3. The predicted octanol–water partition coefficient (Wildman–Crippen LogP) is 2.23. The topological polar surface area (TPSA) is 45.5 Å². The number of rotatable bonds is 3. The summed E-state index contributed by atoms with van der Waals surface area (Å²) in [6.07, 6.45) is 2.59. The van der Waals surface area contributed by atoms with Crippen LogP contribution in [0.3, 0.4) is 0 Å². The van der Waals surface area contributed by atoms with Crippen LogP contribution in [0.25, 0.3) is 0 Å². The first-order chi connectivity index (χ1) is 10.0. The molecule has 0 aromatic carbocycles. The summed E-state index contributed by atoms with van der Waals surface area (Å²) in [5.74, 6) is 1.80. The Balaban J connectivity index is 2.13. The number of likely N-dealkylation sites (tertiary alicyclic amines) is 1. The molecule has 21 heavy (non-hydrogen) atoms. The largest absolute Gasteiger partial charge is 0.357 e. The van der Waals surface area contributed by atoms with Crippen molar-refractivity contribution >= 4 is 5.96 Å². The van der Waals surface area contributed by atoms with E-state index in [0.717, 1.165) is 37.2 Å². The molecule has 0 bridgehead atoms. The van der Waals surface area contributed by atoms with Gasteiger partial charge in [0.15, 0.2) is 5.96 Å². The normalized spacial score (nSPS) is 20.0. The molecule has 5 heteroatoms. The fraction of sp³-hybridized carbons (Fsp3) is 0.750. The minimum atomic E-state index is 0.707. The van der Waals surface area contributed by atoms with Gasteiger partial charge in [0.2, 0.25) is 0 Å². The van der Waals surface area contributed by atoms with Crippen LogP contribution in [0.4, 0.5) is 0 Å². The molecule has 1 aliphatic rings. The molecule has 1 atom stereocenters. The molecule has 2 heterocycles. The van der Waals surface area contributed by atoms with Gasteiger partial charge in [0.05, 0.1) is 12.2 Å². The summed E-state index contributed by atoms with van der Waals surface area (Å²) in [7, 11) is 1.99. The first-order valence-electron chi connectivity index (χ1n) is 8.05. The van der Waals surface area contributed by atoms with Crippen molar-refractivity contribution in [2.45, 2.75) is 47.1 Å². The second-order valence-electron chi connectivity index (χ2n) is 6.14. The van der Waals surface area contributed by atoms with E-state index in [1.54, 1.807) is 0 Å². The molecule has 1 saturated heterocycles. The van der Waals surface area contributed by atoms with E-state index in [2.05, 4.69) is 43.0 Å². The van der Waals surface area contributed by atoms with Crippen molar-refractivity contribution in [1.82, 2.24) is 20.0 Å². The number of hydrogen-bond donors (Lipinski definition) is 1. The Morgan fingerprint density at radius 3 is 2.76 bits per heavy atom. The Morgan fingerprint density at radius 2 is 2.19 bits per heavy atom. The van der Waals surface area contributed by atoms with Gasteiger partial charge in [-0.15, -0.1) is 0 Å². The van der Waals surface area contributed by atoms with E-state index in [1.807, 2.05) is 11.7 Å². The lowest BCUT2D eigenvalue weighted by Gasteiger charge is -2.33. The van der Waals surface area contributed by atoms with Crippen molar-refractivity contribution in [3.8, 4) is 0 Å². The number of aromatic nitrogens is 2. The molecule has 5 nitrogen and oxygen atoms in total. The van der Waals surface area contributed by atoms with E-state index >= 15 is 0 Å². The number of guanidine groups is 1. The minimum absolute atomic E-state index is 0.707.